The lowest BCUT2D eigenvalue weighted by Crippen LogP contribution is -2.30. The first-order valence-electron chi connectivity index (χ1n) is 9.11. The third-order valence-corrected chi connectivity index (χ3v) is 4.61. The molecule has 5 nitrogen and oxygen atoms in total. The molecule has 1 aromatic carbocycles. The van der Waals surface area contributed by atoms with Gasteiger partial charge in [-0.2, -0.15) is 4.98 Å². The summed E-state index contributed by atoms with van der Waals surface area (Å²) in [4.78, 5) is 9.27. The minimum absolute atomic E-state index is 0.0425. The molecule has 1 aliphatic rings. The van der Waals surface area contributed by atoms with E-state index in [9.17, 15) is 5.11 Å². The second kappa shape index (κ2) is 7.83. The van der Waals surface area contributed by atoms with Crippen molar-refractivity contribution < 1.29 is 5.11 Å². The van der Waals surface area contributed by atoms with Gasteiger partial charge in [-0.05, 0) is 31.2 Å². The molecule has 3 rings (SSSR count). The first kappa shape index (κ1) is 17.7. The van der Waals surface area contributed by atoms with E-state index < -0.39 is 0 Å². The fourth-order valence-electron chi connectivity index (χ4n) is 2.81. The fourth-order valence-corrected chi connectivity index (χ4v) is 2.81. The van der Waals surface area contributed by atoms with Gasteiger partial charge >= 0.3 is 0 Å². The maximum Gasteiger partial charge on any atom is 0.225 e. The van der Waals surface area contributed by atoms with Crippen molar-refractivity contribution in [3.63, 3.8) is 0 Å². The third-order valence-electron chi connectivity index (χ3n) is 4.61. The van der Waals surface area contributed by atoms with Gasteiger partial charge in [0.1, 0.15) is 5.82 Å². The Labute approximate surface area is 149 Å². The molecule has 134 valence electrons. The zero-order valence-corrected chi connectivity index (χ0v) is 15.3. The minimum atomic E-state index is -0.0425. The van der Waals surface area contributed by atoms with Crippen molar-refractivity contribution in [1.82, 2.24) is 9.97 Å². The fraction of sp³-hybridized carbons (Fsp3) is 0.500. The zero-order chi connectivity index (χ0) is 17.8. The smallest absolute Gasteiger partial charge is 0.225 e. The normalized spacial score (nSPS) is 15.2. The predicted octanol–water partition coefficient (Wildman–Crippen LogP) is 3.70. The number of aliphatic hydroxyl groups is 1. The van der Waals surface area contributed by atoms with Gasteiger partial charge in [0.15, 0.2) is 0 Å². The molecule has 1 fully saturated rings. The van der Waals surface area contributed by atoms with Crippen LogP contribution in [0, 0.1) is 12.8 Å². The lowest BCUT2D eigenvalue weighted by Gasteiger charge is -2.20. The van der Waals surface area contributed by atoms with Crippen molar-refractivity contribution in [1.29, 1.82) is 0 Å². The predicted molar refractivity (Wildman–Crippen MR) is 102 cm³/mol. The van der Waals surface area contributed by atoms with Gasteiger partial charge in [-0.25, -0.2) is 4.98 Å². The molecule has 1 heterocycles. The molecule has 0 saturated heterocycles. The highest BCUT2D eigenvalue weighted by molar-refractivity contribution is 5.45. The summed E-state index contributed by atoms with van der Waals surface area (Å²) in [6.07, 6.45) is 2.39. The van der Waals surface area contributed by atoms with E-state index in [-0.39, 0.29) is 12.6 Å². The molecule has 2 aromatic rings. The number of aliphatic hydroxyl groups excluding tert-OH is 1. The Morgan fingerprint density at radius 2 is 2.00 bits per heavy atom. The monoisotopic (exact) mass is 340 g/mol. The number of aromatic nitrogens is 2. The number of aryl methyl sites for hydroxylation is 1. The average Bonchev–Trinajstić information content (AvgIpc) is 3.42. The van der Waals surface area contributed by atoms with Gasteiger partial charge in [0, 0.05) is 18.5 Å². The van der Waals surface area contributed by atoms with Crippen molar-refractivity contribution in [2.45, 2.75) is 52.1 Å². The van der Waals surface area contributed by atoms with Gasteiger partial charge in [0.25, 0.3) is 0 Å². The molecule has 1 aromatic heterocycles. The topological polar surface area (TPSA) is 70.1 Å². The molecule has 0 amide bonds. The van der Waals surface area contributed by atoms with E-state index in [0.717, 1.165) is 18.1 Å². The van der Waals surface area contributed by atoms with Crippen LogP contribution in [0.5, 0.6) is 0 Å². The summed E-state index contributed by atoms with van der Waals surface area (Å²) in [6, 6.07) is 10.5. The van der Waals surface area contributed by atoms with Crippen molar-refractivity contribution in [2.24, 2.45) is 5.92 Å². The molecule has 0 radical (unpaired) electrons. The summed E-state index contributed by atoms with van der Waals surface area (Å²) in [7, 11) is 0. The number of nitrogens with one attached hydrogen (secondary N) is 2. The third kappa shape index (κ3) is 4.92. The van der Waals surface area contributed by atoms with Crippen LogP contribution >= 0.6 is 0 Å². The highest BCUT2D eigenvalue weighted by Gasteiger charge is 2.26. The van der Waals surface area contributed by atoms with E-state index in [4.69, 9.17) is 0 Å². The molecule has 0 unspecified atom stereocenters. The van der Waals surface area contributed by atoms with Crippen LogP contribution in [0.2, 0.25) is 0 Å². The Balaban J connectivity index is 1.75. The van der Waals surface area contributed by atoms with Crippen LogP contribution in [0.15, 0.2) is 30.3 Å². The van der Waals surface area contributed by atoms with Crippen LogP contribution in [-0.2, 0) is 6.54 Å². The number of rotatable bonds is 8. The Kier molecular flexibility index (Phi) is 5.53. The zero-order valence-electron chi connectivity index (χ0n) is 15.3. The van der Waals surface area contributed by atoms with Crippen LogP contribution in [0.4, 0.5) is 11.8 Å². The van der Waals surface area contributed by atoms with E-state index in [1.54, 1.807) is 0 Å². The highest BCUT2D eigenvalue weighted by Crippen LogP contribution is 2.40. The Hall–Kier alpha value is -2.14. The molecule has 0 bridgehead atoms. The van der Waals surface area contributed by atoms with E-state index in [2.05, 4.69) is 71.7 Å². The molecule has 0 aliphatic heterocycles. The summed E-state index contributed by atoms with van der Waals surface area (Å²) in [5, 5.41) is 16.3. The summed E-state index contributed by atoms with van der Waals surface area (Å²) in [5.74, 6) is 2.29. The van der Waals surface area contributed by atoms with Crippen molar-refractivity contribution in [3.8, 4) is 0 Å². The number of nitrogens with zero attached hydrogens (tertiary/aromatic N) is 2. The molecule has 1 saturated carbocycles. The van der Waals surface area contributed by atoms with Crippen LogP contribution < -0.4 is 10.6 Å². The van der Waals surface area contributed by atoms with E-state index >= 15 is 0 Å². The maximum absolute atomic E-state index is 9.56. The van der Waals surface area contributed by atoms with Crippen LogP contribution in [0.25, 0.3) is 0 Å². The molecule has 0 spiro atoms. The van der Waals surface area contributed by atoms with Crippen LogP contribution in [-0.4, -0.2) is 27.7 Å². The number of hydrogen-bond acceptors (Lipinski definition) is 5. The molecule has 1 atom stereocenters. The summed E-state index contributed by atoms with van der Waals surface area (Å²) in [5.41, 5.74) is 3.58. The van der Waals surface area contributed by atoms with Gasteiger partial charge in [-0.3, -0.25) is 0 Å². The molecule has 25 heavy (non-hydrogen) atoms. The molecule has 5 heteroatoms. The van der Waals surface area contributed by atoms with Crippen molar-refractivity contribution in [2.75, 3.05) is 17.2 Å². The molecular formula is C20H28N4O. The quantitative estimate of drug-likeness (QED) is 0.683. The minimum Gasteiger partial charge on any atom is -0.394 e. The first-order valence-corrected chi connectivity index (χ1v) is 9.11. The molecule has 1 aliphatic carbocycles. The molecule has 3 N–H and O–H groups in total. The second-order valence-electron chi connectivity index (χ2n) is 7.30. The summed E-state index contributed by atoms with van der Waals surface area (Å²) in [6.45, 7) is 7.06. The Morgan fingerprint density at radius 3 is 2.64 bits per heavy atom. The van der Waals surface area contributed by atoms with Crippen molar-refractivity contribution in [3.05, 3.63) is 47.2 Å². The average molecular weight is 340 g/mol. The van der Waals surface area contributed by atoms with Gasteiger partial charge in [0.2, 0.25) is 5.95 Å². The Bertz CT molecular complexity index is 713. The summed E-state index contributed by atoms with van der Waals surface area (Å²) < 4.78 is 0. The second-order valence-corrected chi connectivity index (χ2v) is 7.30. The highest BCUT2D eigenvalue weighted by atomic mass is 16.3. The van der Waals surface area contributed by atoms with E-state index in [1.165, 1.54) is 24.0 Å². The van der Waals surface area contributed by atoms with E-state index in [0.29, 0.717) is 17.8 Å². The lowest BCUT2D eigenvalue weighted by molar-refractivity contribution is 0.248. The number of hydrogen-bond donors (Lipinski definition) is 3. The van der Waals surface area contributed by atoms with Gasteiger partial charge in [-0.15, -0.1) is 0 Å². The summed E-state index contributed by atoms with van der Waals surface area (Å²) >= 11 is 0. The first-order chi connectivity index (χ1) is 12.0. The van der Waals surface area contributed by atoms with Crippen LogP contribution in [0.1, 0.15) is 49.4 Å². The van der Waals surface area contributed by atoms with Gasteiger partial charge in [0.05, 0.1) is 18.3 Å². The lowest BCUT2D eigenvalue weighted by atomic mass is 10.1. The maximum atomic E-state index is 9.56. The van der Waals surface area contributed by atoms with Crippen LogP contribution in [0.3, 0.4) is 0 Å². The Morgan fingerprint density at radius 1 is 1.20 bits per heavy atom. The van der Waals surface area contributed by atoms with Gasteiger partial charge < -0.3 is 15.7 Å². The standard InChI is InChI=1S/C20H28N4O/c1-13(2)18(12-25)23-20-22-17(16-7-8-16)10-19(24-20)21-11-15-6-4-5-14(3)9-15/h4-6,9-10,13,16,18,25H,7-8,11-12H2,1-3H3,(H2,21,22,23,24)/t18-/m0/s1. The molecular weight excluding hydrogens is 312 g/mol. The number of anilines is 2. The SMILES string of the molecule is Cc1cccc(CNc2cc(C3CC3)nc(N[C@@H](CO)C(C)C)n2)c1. The van der Waals surface area contributed by atoms with Gasteiger partial charge in [-0.1, -0.05) is 43.7 Å². The number of benzene rings is 1. The largest absolute Gasteiger partial charge is 0.394 e. The van der Waals surface area contributed by atoms with E-state index in [1.807, 2.05) is 0 Å². The van der Waals surface area contributed by atoms with Crippen molar-refractivity contribution >= 4 is 11.8 Å².